The minimum atomic E-state index is -0.0743. The minimum Gasteiger partial charge on any atom is -0.357 e. The van der Waals surface area contributed by atoms with E-state index in [0.29, 0.717) is 37.7 Å². The molecule has 2 rings (SSSR count). The number of aliphatic imine (C=N–C) groups is 1. The van der Waals surface area contributed by atoms with Gasteiger partial charge in [0, 0.05) is 37.7 Å². The zero-order chi connectivity index (χ0) is 18.8. The van der Waals surface area contributed by atoms with E-state index in [0.717, 1.165) is 24.9 Å². The van der Waals surface area contributed by atoms with Gasteiger partial charge in [-0.25, -0.2) is 4.99 Å². The van der Waals surface area contributed by atoms with Crippen LogP contribution in [0.2, 0.25) is 0 Å². The molecule has 0 bridgehead atoms. The van der Waals surface area contributed by atoms with Crippen molar-refractivity contribution >= 4 is 17.8 Å². The molecule has 0 heterocycles. The Bertz CT molecular complexity index is 641. The first-order valence-corrected chi connectivity index (χ1v) is 9.31. The van der Waals surface area contributed by atoms with Gasteiger partial charge in [-0.2, -0.15) is 0 Å². The molecule has 26 heavy (non-hydrogen) atoms. The van der Waals surface area contributed by atoms with E-state index in [2.05, 4.69) is 26.3 Å². The standard InChI is InChI=1S/C19H29N5O2/c1-3-20-18(26)16-7-5-6-14(12-16)13-24-19(21-4-2)23-11-10-22-17(25)15-8-9-15/h5-7,12,15H,3-4,8-11,13H2,1-2H3,(H,20,26)(H,22,25)(H2,21,23,24). The van der Waals surface area contributed by atoms with Crippen LogP contribution in [0.3, 0.4) is 0 Å². The molecule has 142 valence electrons. The molecule has 0 radical (unpaired) electrons. The van der Waals surface area contributed by atoms with Gasteiger partial charge in [-0.15, -0.1) is 0 Å². The molecule has 7 nitrogen and oxygen atoms in total. The number of hydrogen-bond acceptors (Lipinski definition) is 3. The maximum Gasteiger partial charge on any atom is 0.251 e. The second-order valence-corrected chi connectivity index (χ2v) is 6.25. The lowest BCUT2D eigenvalue weighted by molar-refractivity contribution is -0.122. The normalized spacial score (nSPS) is 13.8. The molecular weight excluding hydrogens is 330 g/mol. The number of rotatable bonds is 9. The lowest BCUT2D eigenvalue weighted by atomic mass is 10.1. The van der Waals surface area contributed by atoms with Crippen LogP contribution in [0.15, 0.2) is 29.3 Å². The third-order valence-electron chi connectivity index (χ3n) is 3.96. The molecule has 2 amide bonds. The first-order valence-electron chi connectivity index (χ1n) is 9.31. The van der Waals surface area contributed by atoms with Crippen molar-refractivity contribution in [2.24, 2.45) is 10.9 Å². The Hall–Kier alpha value is -2.57. The molecule has 1 aromatic carbocycles. The number of nitrogens with zero attached hydrogens (tertiary/aromatic N) is 1. The molecule has 1 fully saturated rings. The fourth-order valence-corrected chi connectivity index (χ4v) is 2.44. The van der Waals surface area contributed by atoms with Gasteiger partial charge in [-0.1, -0.05) is 12.1 Å². The van der Waals surface area contributed by atoms with Crippen LogP contribution in [-0.4, -0.2) is 44.0 Å². The summed E-state index contributed by atoms with van der Waals surface area (Å²) in [6.07, 6.45) is 2.03. The van der Waals surface area contributed by atoms with Crippen molar-refractivity contribution in [1.82, 2.24) is 21.3 Å². The Balaban J connectivity index is 1.84. The van der Waals surface area contributed by atoms with E-state index in [1.807, 2.05) is 32.0 Å². The lowest BCUT2D eigenvalue weighted by Gasteiger charge is -2.12. The van der Waals surface area contributed by atoms with Crippen LogP contribution in [0.1, 0.15) is 42.6 Å². The summed E-state index contributed by atoms with van der Waals surface area (Å²) in [5.74, 6) is 0.997. The van der Waals surface area contributed by atoms with Gasteiger partial charge in [0.1, 0.15) is 0 Å². The summed E-state index contributed by atoms with van der Waals surface area (Å²) in [6, 6.07) is 7.47. The molecule has 0 spiro atoms. The number of benzene rings is 1. The maximum atomic E-state index is 11.9. The van der Waals surface area contributed by atoms with Gasteiger partial charge in [0.25, 0.3) is 5.91 Å². The van der Waals surface area contributed by atoms with Crippen molar-refractivity contribution in [3.63, 3.8) is 0 Å². The highest BCUT2D eigenvalue weighted by atomic mass is 16.2. The van der Waals surface area contributed by atoms with Gasteiger partial charge < -0.3 is 21.3 Å². The third kappa shape index (κ3) is 6.74. The van der Waals surface area contributed by atoms with Crippen molar-refractivity contribution in [2.45, 2.75) is 33.2 Å². The van der Waals surface area contributed by atoms with Crippen molar-refractivity contribution in [3.8, 4) is 0 Å². The summed E-state index contributed by atoms with van der Waals surface area (Å²) in [5, 5.41) is 12.1. The largest absolute Gasteiger partial charge is 0.357 e. The van der Waals surface area contributed by atoms with Gasteiger partial charge in [0.15, 0.2) is 5.96 Å². The van der Waals surface area contributed by atoms with Crippen molar-refractivity contribution in [2.75, 3.05) is 26.2 Å². The SMILES string of the molecule is CCNC(=O)c1cccc(CN=C(NCC)NCCNC(=O)C2CC2)c1. The summed E-state index contributed by atoms with van der Waals surface area (Å²) in [6.45, 7) is 6.91. The summed E-state index contributed by atoms with van der Waals surface area (Å²) in [4.78, 5) is 28.1. The van der Waals surface area contributed by atoms with Gasteiger partial charge in [-0.05, 0) is 44.4 Å². The van der Waals surface area contributed by atoms with Crippen molar-refractivity contribution in [3.05, 3.63) is 35.4 Å². The first kappa shape index (κ1) is 19.8. The molecule has 7 heteroatoms. The molecule has 0 unspecified atom stereocenters. The van der Waals surface area contributed by atoms with Crippen LogP contribution in [0.4, 0.5) is 0 Å². The molecule has 0 atom stereocenters. The van der Waals surface area contributed by atoms with Crippen LogP contribution < -0.4 is 21.3 Å². The predicted octanol–water partition coefficient (Wildman–Crippen LogP) is 1.02. The zero-order valence-electron chi connectivity index (χ0n) is 15.6. The second-order valence-electron chi connectivity index (χ2n) is 6.25. The Morgan fingerprint density at radius 1 is 1.04 bits per heavy atom. The number of carbonyl (C=O) groups is 2. The van der Waals surface area contributed by atoms with E-state index in [9.17, 15) is 9.59 Å². The van der Waals surface area contributed by atoms with E-state index in [1.54, 1.807) is 6.07 Å². The highest BCUT2D eigenvalue weighted by Crippen LogP contribution is 2.28. The van der Waals surface area contributed by atoms with Crippen LogP contribution in [0.5, 0.6) is 0 Å². The summed E-state index contributed by atoms with van der Waals surface area (Å²) >= 11 is 0. The Kier molecular flexibility index (Phi) is 7.92. The summed E-state index contributed by atoms with van der Waals surface area (Å²) in [5.41, 5.74) is 1.60. The maximum absolute atomic E-state index is 11.9. The highest BCUT2D eigenvalue weighted by Gasteiger charge is 2.28. The molecule has 4 N–H and O–H groups in total. The number of hydrogen-bond donors (Lipinski definition) is 4. The number of nitrogens with one attached hydrogen (secondary N) is 4. The average molecular weight is 359 g/mol. The van der Waals surface area contributed by atoms with E-state index in [-0.39, 0.29) is 17.7 Å². The Labute approximate surface area is 155 Å². The van der Waals surface area contributed by atoms with Crippen molar-refractivity contribution in [1.29, 1.82) is 0 Å². The van der Waals surface area contributed by atoms with Crippen LogP contribution in [0.25, 0.3) is 0 Å². The smallest absolute Gasteiger partial charge is 0.251 e. The predicted molar refractivity (Wildman–Crippen MR) is 103 cm³/mol. The van der Waals surface area contributed by atoms with Crippen LogP contribution in [0, 0.1) is 5.92 Å². The molecular formula is C19H29N5O2. The molecule has 0 aromatic heterocycles. The fourth-order valence-electron chi connectivity index (χ4n) is 2.44. The summed E-state index contributed by atoms with van der Waals surface area (Å²) in [7, 11) is 0. The van der Waals surface area contributed by atoms with E-state index in [4.69, 9.17) is 0 Å². The van der Waals surface area contributed by atoms with Crippen LogP contribution >= 0.6 is 0 Å². The van der Waals surface area contributed by atoms with Gasteiger partial charge in [-0.3, -0.25) is 9.59 Å². The highest BCUT2D eigenvalue weighted by molar-refractivity contribution is 5.94. The summed E-state index contributed by atoms with van der Waals surface area (Å²) < 4.78 is 0. The second kappa shape index (κ2) is 10.4. The van der Waals surface area contributed by atoms with E-state index >= 15 is 0 Å². The third-order valence-corrected chi connectivity index (χ3v) is 3.96. The lowest BCUT2D eigenvalue weighted by Crippen LogP contribution is -2.41. The Morgan fingerprint density at radius 2 is 1.77 bits per heavy atom. The minimum absolute atomic E-state index is 0.0743. The molecule has 1 aliphatic rings. The zero-order valence-corrected chi connectivity index (χ0v) is 15.6. The number of guanidine groups is 1. The van der Waals surface area contributed by atoms with Gasteiger partial charge in [0.05, 0.1) is 6.54 Å². The molecule has 0 saturated heterocycles. The van der Waals surface area contributed by atoms with E-state index < -0.39 is 0 Å². The molecule has 1 aliphatic carbocycles. The first-order chi connectivity index (χ1) is 12.6. The molecule has 0 aliphatic heterocycles. The van der Waals surface area contributed by atoms with E-state index in [1.165, 1.54) is 0 Å². The van der Waals surface area contributed by atoms with Crippen LogP contribution in [-0.2, 0) is 11.3 Å². The van der Waals surface area contributed by atoms with Gasteiger partial charge >= 0.3 is 0 Å². The monoisotopic (exact) mass is 359 g/mol. The average Bonchev–Trinajstić information content (AvgIpc) is 3.48. The Morgan fingerprint density at radius 3 is 2.46 bits per heavy atom. The van der Waals surface area contributed by atoms with Crippen molar-refractivity contribution < 1.29 is 9.59 Å². The number of carbonyl (C=O) groups excluding carboxylic acids is 2. The topological polar surface area (TPSA) is 94.6 Å². The molecule has 1 saturated carbocycles. The quantitative estimate of drug-likeness (QED) is 0.301. The number of amides is 2. The van der Waals surface area contributed by atoms with Gasteiger partial charge in [0.2, 0.25) is 5.91 Å². The molecule has 1 aromatic rings. The fraction of sp³-hybridized carbons (Fsp3) is 0.526.